The molecule has 144 valence electrons. The highest BCUT2D eigenvalue weighted by Crippen LogP contribution is 2.29. The van der Waals surface area contributed by atoms with E-state index in [-0.39, 0.29) is 17.1 Å². The number of rotatable bonds is 6. The third-order valence-electron chi connectivity index (χ3n) is 5.32. The van der Waals surface area contributed by atoms with Crippen LogP contribution in [0.25, 0.3) is 10.2 Å². The molecule has 4 nitrogen and oxygen atoms in total. The van der Waals surface area contributed by atoms with Gasteiger partial charge in [0, 0.05) is 17.0 Å². The van der Waals surface area contributed by atoms with E-state index in [0.717, 1.165) is 33.7 Å². The number of fused-ring (bicyclic) bond motifs is 2. The molecule has 0 amide bonds. The van der Waals surface area contributed by atoms with E-state index in [1.165, 1.54) is 40.6 Å². The summed E-state index contributed by atoms with van der Waals surface area (Å²) in [5, 5.41) is 1.26. The minimum atomic E-state index is -0.0563. The van der Waals surface area contributed by atoms with Crippen LogP contribution in [0.1, 0.15) is 38.3 Å². The van der Waals surface area contributed by atoms with Crippen LogP contribution in [0.4, 0.5) is 0 Å². The first-order valence-electron chi connectivity index (χ1n) is 9.39. The van der Waals surface area contributed by atoms with Crippen molar-refractivity contribution >= 4 is 39.1 Å². The topological polar surface area (TPSA) is 52.0 Å². The van der Waals surface area contributed by atoms with Crippen molar-refractivity contribution in [3.63, 3.8) is 0 Å². The number of Topliss-reactive ketones (excluding diaryl/α,β-unsaturated/α-hetero) is 1. The SMILES string of the molecule is C=CCn1c(SCC(=O)c2ccc3c(c2)CCC3)nc2sc(C)c(C)c2c1=O. The number of hydrogen-bond donors (Lipinski definition) is 0. The summed E-state index contributed by atoms with van der Waals surface area (Å²) in [5.41, 5.74) is 4.33. The summed E-state index contributed by atoms with van der Waals surface area (Å²) in [6, 6.07) is 6.03. The van der Waals surface area contributed by atoms with Gasteiger partial charge in [-0.3, -0.25) is 14.2 Å². The largest absolute Gasteiger partial charge is 0.293 e. The van der Waals surface area contributed by atoms with E-state index in [9.17, 15) is 9.59 Å². The first-order chi connectivity index (χ1) is 13.5. The van der Waals surface area contributed by atoms with Gasteiger partial charge in [0.25, 0.3) is 5.56 Å². The van der Waals surface area contributed by atoms with Crippen LogP contribution in [-0.2, 0) is 19.4 Å². The molecule has 0 saturated heterocycles. The highest BCUT2D eigenvalue weighted by atomic mass is 32.2. The van der Waals surface area contributed by atoms with E-state index in [2.05, 4.69) is 12.6 Å². The summed E-state index contributed by atoms with van der Waals surface area (Å²) < 4.78 is 1.62. The molecule has 2 heterocycles. The van der Waals surface area contributed by atoms with E-state index < -0.39 is 0 Å². The summed E-state index contributed by atoms with van der Waals surface area (Å²) in [5.74, 6) is 0.328. The van der Waals surface area contributed by atoms with Crippen molar-refractivity contribution in [3.8, 4) is 0 Å². The molecule has 4 rings (SSSR count). The van der Waals surface area contributed by atoms with Gasteiger partial charge >= 0.3 is 0 Å². The van der Waals surface area contributed by atoms with Gasteiger partial charge in [0.15, 0.2) is 10.9 Å². The number of allylic oxidation sites excluding steroid dienone is 1. The Morgan fingerprint density at radius 1 is 1.32 bits per heavy atom. The number of thioether (sulfide) groups is 1. The fraction of sp³-hybridized carbons (Fsp3) is 0.318. The molecule has 6 heteroatoms. The predicted molar refractivity (Wildman–Crippen MR) is 117 cm³/mol. The van der Waals surface area contributed by atoms with Gasteiger partial charge in [-0.15, -0.1) is 17.9 Å². The summed E-state index contributed by atoms with van der Waals surface area (Å²) >= 11 is 2.86. The Morgan fingerprint density at radius 2 is 2.11 bits per heavy atom. The molecule has 0 unspecified atom stereocenters. The lowest BCUT2D eigenvalue weighted by Gasteiger charge is -2.10. The Hall–Kier alpha value is -2.18. The Morgan fingerprint density at radius 3 is 2.89 bits per heavy atom. The van der Waals surface area contributed by atoms with E-state index in [4.69, 9.17) is 4.98 Å². The Kier molecular flexibility index (Phi) is 5.25. The first kappa shape index (κ1) is 19.2. The molecule has 3 aromatic rings. The van der Waals surface area contributed by atoms with Crippen molar-refractivity contribution < 1.29 is 4.79 Å². The van der Waals surface area contributed by atoms with Crippen LogP contribution in [0.15, 0.2) is 40.8 Å². The van der Waals surface area contributed by atoms with Gasteiger partial charge < -0.3 is 0 Å². The van der Waals surface area contributed by atoms with Crippen LogP contribution in [0.5, 0.6) is 0 Å². The monoisotopic (exact) mass is 410 g/mol. The quantitative estimate of drug-likeness (QED) is 0.255. The predicted octanol–water partition coefficient (Wildman–Crippen LogP) is 4.72. The third-order valence-corrected chi connectivity index (χ3v) is 7.40. The summed E-state index contributed by atoms with van der Waals surface area (Å²) in [6.07, 6.45) is 5.02. The zero-order chi connectivity index (χ0) is 19.8. The van der Waals surface area contributed by atoms with Crippen molar-refractivity contribution in [3.05, 3.63) is 68.3 Å². The number of carbonyl (C=O) groups is 1. The van der Waals surface area contributed by atoms with E-state index in [1.807, 2.05) is 26.0 Å². The summed E-state index contributed by atoms with van der Waals surface area (Å²) in [6.45, 7) is 8.10. The maximum Gasteiger partial charge on any atom is 0.263 e. The van der Waals surface area contributed by atoms with Gasteiger partial charge in [0.2, 0.25) is 0 Å². The van der Waals surface area contributed by atoms with Crippen LogP contribution in [0, 0.1) is 13.8 Å². The zero-order valence-electron chi connectivity index (χ0n) is 16.1. The second kappa shape index (κ2) is 7.68. The zero-order valence-corrected chi connectivity index (χ0v) is 17.7. The minimum Gasteiger partial charge on any atom is -0.293 e. The molecule has 0 saturated carbocycles. The smallest absolute Gasteiger partial charge is 0.263 e. The molecule has 0 atom stereocenters. The standard InChI is InChI=1S/C22H22N2O2S2/c1-4-10-24-21(26)19-13(2)14(3)28-20(19)23-22(24)27-12-18(25)17-9-8-15-6-5-7-16(15)11-17/h4,8-9,11H,1,5-7,10,12H2,2-3H3. The third kappa shape index (κ3) is 3.35. The van der Waals surface area contributed by atoms with Crippen molar-refractivity contribution in [1.82, 2.24) is 9.55 Å². The van der Waals surface area contributed by atoms with Crippen LogP contribution >= 0.6 is 23.1 Å². The minimum absolute atomic E-state index is 0.0563. The second-order valence-electron chi connectivity index (χ2n) is 7.11. The molecular weight excluding hydrogens is 388 g/mol. The molecule has 0 fully saturated rings. The van der Waals surface area contributed by atoms with Crippen LogP contribution in [-0.4, -0.2) is 21.1 Å². The number of carbonyl (C=O) groups excluding carboxylic acids is 1. The maximum absolute atomic E-state index is 13.0. The Labute approximate surface area is 172 Å². The number of aromatic nitrogens is 2. The molecule has 28 heavy (non-hydrogen) atoms. The normalized spacial score (nSPS) is 13.1. The lowest BCUT2D eigenvalue weighted by atomic mass is 10.0. The first-order valence-corrected chi connectivity index (χ1v) is 11.2. The number of hydrogen-bond acceptors (Lipinski definition) is 5. The van der Waals surface area contributed by atoms with Gasteiger partial charge in [-0.1, -0.05) is 30.0 Å². The molecule has 1 aliphatic rings. The number of ketones is 1. The van der Waals surface area contributed by atoms with Crippen LogP contribution in [0.3, 0.4) is 0 Å². The highest BCUT2D eigenvalue weighted by Gasteiger charge is 2.18. The maximum atomic E-state index is 13.0. The molecule has 1 aromatic carbocycles. The average molecular weight is 411 g/mol. The molecule has 0 aliphatic heterocycles. The molecule has 0 bridgehead atoms. The highest BCUT2D eigenvalue weighted by molar-refractivity contribution is 7.99. The average Bonchev–Trinajstić information content (AvgIpc) is 3.26. The second-order valence-corrected chi connectivity index (χ2v) is 9.26. The van der Waals surface area contributed by atoms with Gasteiger partial charge in [-0.25, -0.2) is 4.98 Å². The number of nitrogens with zero attached hydrogens (tertiary/aromatic N) is 2. The van der Waals surface area contributed by atoms with Crippen molar-refractivity contribution in [2.75, 3.05) is 5.75 Å². The lowest BCUT2D eigenvalue weighted by Crippen LogP contribution is -2.23. The van der Waals surface area contributed by atoms with Crippen molar-refractivity contribution in [1.29, 1.82) is 0 Å². The van der Waals surface area contributed by atoms with Gasteiger partial charge in [-0.2, -0.15) is 0 Å². The Balaban J connectivity index is 1.63. The van der Waals surface area contributed by atoms with Gasteiger partial charge in [-0.05, 0) is 55.9 Å². The van der Waals surface area contributed by atoms with Crippen molar-refractivity contribution in [2.45, 2.75) is 44.8 Å². The van der Waals surface area contributed by atoms with E-state index in [1.54, 1.807) is 10.6 Å². The Bertz CT molecular complexity index is 1160. The summed E-state index contributed by atoms with van der Waals surface area (Å²) in [7, 11) is 0. The molecule has 2 aromatic heterocycles. The van der Waals surface area contributed by atoms with E-state index in [0.29, 0.717) is 17.1 Å². The number of aryl methyl sites for hydroxylation is 4. The summed E-state index contributed by atoms with van der Waals surface area (Å²) in [4.78, 5) is 32.3. The van der Waals surface area contributed by atoms with E-state index >= 15 is 0 Å². The molecular formula is C22H22N2O2S2. The molecule has 1 aliphatic carbocycles. The van der Waals surface area contributed by atoms with Crippen molar-refractivity contribution in [2.24, 2.45) is 0 Å². The number of thiophene rings is 1. The lowest BCUT2D eigenvalue weighted by molar-refractivity contribution is 0.102. The van der Waals surface area contributed by atoms with Gasteiger partial charge in [0.1, 0.15) is 4.83 Å². The van der Waals surface area contributed by atoms with Gasteiger partial charge in [0.05, 0.1) is 11.1 Å². The molecule has 0 spiro atoms. The fourth-order valence-electron chi connectivity index (χ4n) is 3.67. The number of benzene rings is 1. The molecule has 0 radical (unpaired) electrons. The van der Waals surface area contributed by atoms with Crippen LogP contribution < -0.4 is 5.56 Å². The molecule has 0 N–H and O–H groups in total. The fourth-order valence-corrected chi connectivity index (χ4v) is 5.64. The van der Waals surface area contributed by atoms with Crippen LogP contribution in [0.2, 0.25) is 0 Å².